The van der Waals surface area contributed by atoms with E-state index in [4.69, 9.17) is 21.1 Å². The van der Waals surface area contributed by atoms with Gasteiger partial charge in [-0.25, -0.2) is 8.42 Å². The van der Waals surface area contributed by atoms with Crippen molar-refractivity contribution in [1.29, 1.82) is 0 Å². The fourth-order valence-electron chi connectivity index (χ4n) is 3.92. The monoisotopic (exact) mass is 493 g/mol. The zero-order valence-corrected chi connectivity index (χ0v) is 20.3. The van der Waals surface area contributed by atoms with Gasteiger partial charge in [-0.15, -0.1) is 0 Å². The number of carbonyl (C=O) groups is 1. The van der Waals surface area contributed by atoms with Crippen LogP contribution in [0.5, 0.6) is 11.5 Å². The van der Waals surface area contributed by atoms with Crippen LogP contribution >= 0.6 is 11.6 Å². The molecule has 2 aliphatic rings. The molecule has 0 aliphatic carbocycles. The summed E-state index contributed by atoms with van der Waals surface area (Å²) in [5, 5.41) is 3.08. The molecule has 1 saturated heterocycles. The van der Waals surface area contributed by atoms with Gasteiger partial charge < -0.3 is 14.8 Å². The Kier molecular flexibility index (Phi) is 7.13. The van der Waals surface area contributed by atoms with Crippen molar-refractivity contribution in [3.63, 3.8) is 0 Å². The molecule has 0 aromatic heterocycles. The van der Waals surface area contributed by atoms with Gasteiger partial charge in [0.15, 0.2) is 11.5 Å². The average Bonchev–Trinajstić information content (AvgIpc) is 3.28. The Morgan fingerprint density at radius 3 is 2.61 bits per heavy atom. The molecule has 0 bridgehead atoms. The van der Waals surface area contributed by atoms with Crippen molar-refractivity contribution in [2.45, 2.75) is 43.7 Å². The molecule has 33 heavy (non-hydrogen) atoms. The molecule has 0 unspecified atom stereocenters. The highest BCUT2D eigenvalue weighted by Gasteiger charge is 2.27. The SMILES string of the molecule is C[C@@H](C(=O)Nc1cc(S(=O)(=O)N2CCCCC2)ccc1Cl)N(C)Cc1ccc2c(c1)OCO2. The molecule has 1 atom stereocenters. The first-order chi connectivity index (χ1) is 15.8. The number of sulfonamides is 1. The molecule has 2 heterocycles. The lowest BCUT2D eigenvalue weighted by molar-refractivity contribution is -0.120. The molecular weight excluding hydrogens is 466 g/mol. The number of rotatable bonds is 7. The summed E-state index contributed by atoms with van der Waals surface area (Å²) in [6, 6.07) is 9.62. The summed E-state index contributed by atoms with van der Waals surface area (Å²) >= 11 is 6.28. The van der Waals surface area contributed by atoms with Crippen LogP contribution in [0.15, 0.2) is 41.3 Å². The Balaban J connectivity index is 1.44. The third-order valence-corrected chi connectivity index (χ3v) is 8.28. The number of fused-ring (bicyclic) bond motifs is 1. The van der Waals surface area contributed by atoms with Gasteiger partial charge >= 0.3 is 0 Å². The first-order valence-corrected chi connectivity index (χ1v) is 12.8. The Labute approximate surface area is 199 Å². The number of hydrogen-bond acceptors (Lipinski definition) is 6. The van der Waals surface area contributed by atoms with Gasteiger partial charge in [0.1, 0.15) is 0 Å². The third-order valence-electron chi connectivity index (χ3n) is 6.06. The molecule has 1 N–H and O–H groups in total. The molecule has 0 spiro atoms. The lowest BCUT2D eigenvalue weighted by Crippen LogP contribution is -2.39. The molecule has 0 saturated carbocycles. The number of halogens is 1. The van der Waals surface area contributed by atoms with Crippen molar-refractivity contribution < 1.29 is 22.7 Å². The largest absolute Gasteiger partial charge is 0.454 e. The predicted molar refractivity (Wildman–Crippen MR) is 126 cm³/mol. The second-order valence-electron chi connectivity index (χ2n) is 8.37. The molecule has 2 aromatic carbocycles. The van der Waals surface area contributed by atoms with Gasteiger partial charge in [-0.3, -0.25) is 9.69 Å². The highest BCUT2D eigenvalue weighted by molar-refractivity contribution is 7.89. The minimum absolute atomic E-state index is 0.130. The van der Waals surface area contributed by atoms with E-state index in [1.165, 1.54) is 22.5 Å². The Morgan fingerprint density at radius 1 is 1.12 bits per heavy atom. The van der Waals surface area contributed by atoms with Gasteiger partial charge in [-0.1, -0.05) is 24.1 Å². The highest BCUT2D eigenvalue weighted by Crippen LogP contribution is 2.33. The summed E-state index contributed by atoms with van der Waals surface area (Å²) in [6.45, 7) is 3.52. The zero-order chi connectivity index (χ0) is 23.6. The van der Waals surface area contributed by atoms with Crippen molar-refractivity contribution in [2.24, 2.45) is 0 Å². The van der Waals surface area contributed by atoms with E-state index in [2.05, 4.69) is 5.32 Å². The molecule has 1 amide bonds. The zero-order valence-electron chi connectivity index (χ0n) is 18.7. The van der Waals surface area contributed by atoms with E-state index in [-0.39, 0.29) is 28.3 Å². The number of anilines is 1. The van der Waals surface area contributed by atoms with E-state index in [1.54, 1.807) is 6.92 Å². The summed E-state index contributed by atoms with van der Waals surface area (Å²) in [7, 11) is -1.79. The van der Waals surface area contributed by atoms with Crippen molar-refractivity contribution in [3.05, 3.63) is 47.0 Å². The summed E-state index contributed by atoms with van der Waals surface area (Å²) < 4.78 is 38.3. The number of nitrogens with one attached hydrogen (secondary N) is 1. The number of ether oxygens (including phenoxy) is 2. The van der Waals surface area contributed by atoms with Crippen molar-refractivity contribution >= 4 is 33.2 Å². The van der Waals surface area contributed by atoms with Crippen LogP contribution in [0.4, 0.5) is 5.69 Å². The summed E-state index contributed by atoms with van der Waals surface area (Å²) in [4.78, 5) is 14.9. The molecule has 4 rings (SSSR count). The second-order valence-corrected chi connectivity index (χ2v) is 10.7. The smallest absolute Gasteiger partial charge is 0.243 e. The minimum atomic E-state index is -3.63. The quantitative estimate of drug-likeness (QED) is 0.632. The van der Waals surface area contributed by atoms with Crippen LogP contribution in [0.3, 0.4) is 0 Å². The molecule has 2 aliphatic heterocycles. The standard InChI is InChI=1S/C23H28ClN3O5S/c1-16(26(2)14-17-6-9-21-22(12-17)32-15-31-21)23(28)25-20-13-18(7-8-19(20)24)33(29,30)27-10-4-3-5-11-27/h6-9,12-13,16H,3-5,10-11,14-15H2,1-2H3,(H,25,28)/t16-/m0/s1. The summed E-state index contributed by atoms with van der Waals surface area (Å²) in [5.41, 5.74) is 1.26. The molecule has 8 nitrogen and oxygen atoms in total. The molecular formula is C23H28ClN3O5S. The normalized spacial score (nSPS) is 17.2. The van der Waals surface area contributed by atoms with Crippen LogP contribution in [-0.4, -0.2) is 56.5 Å². The maximum Gasteiger partial charge on any atom is 0.243 e. The number of benzene rings is 2. The number of nitrogens with zero attached hydrogens (tertiary/aromatic N) is 2. The van der Waals surface area contributed by atoms with E-state index in [0.29, 0.717) is 31.1 Å². The third kappa shape index (κ3) is 5.27. The van der Waals surface area contributed by atoms with E-state index >= 15 is 0 Å². The first kappa shape index (κ1) is 23.8. The number of carbonyl (C=O) groups excluding carboxylic acids is 1. The molecule has 178 valence electrons. The van der Waals surface area contributed by atoms with Gasteiger partial charge in [-0.05, 0) is 62.7 Å². The highest BCUT2D eigenvalue weighted by atomic mass is 35.5. The lowest BCUT2D eigenvalue weighted by atomic mass is 10.1. The Bertz CT molecular complexity index is 1130. The number of likely N-dealkylation sites (N-methyl/N-ethyl adjacent to an activating group) is 1. The van der Waals surface area contributed by atoms with Crippen molar-refractivity contribution in [1.82, 2.24) is 9.21 Å². The van der Waals surface area contributed by atoms with E-state index in [1.807, 2.05) is 30.1 Å². The number of amides is 1. The van der Waals surface area contributed by atoms with Gasteiger partial charge in [0.25, 0.3) is 0 Å². The lowest BCUT2D eigenvalue weighted by Gasteiger charge is -2.26. The van der Waals surface area contributed by atoms with Crippen molar-refractivity contribution in [3.8, 4) is 11.5 Å². The minimum Gasteiger partial charge on any atom is -0.454 e. The van der Waals surface area contributed by atoms with Crippen LogP contribution in [0.1, 0.15) is 31.7 Å². The van der Waals surface area contributed by atoms with Crippen LogP contribution in [0.25, 0.3) is 0 Å². The van der Waals surface area contributed by atoms with Crippen LogP contribution in [0, 0.1) is 0 Å². The number of piperidine rings is 1. The summed E-state index contributed by atoms with van der Waals surface area (Å²) in [5.74, 6) is 1.12. The van der Waals surface area contributed by atoms with Gasteiger partial charge in [0.05, 0.1) is 21.6 Å². The van der Waals surface area contributed by atoms with Crippen molar-refractivity contribution in [2.75, 3.05) is 32.2 Å². The molecule has 10 heteroatoms. The van der Waals surface area contributed by atoms with E-state index in [9.17, 15) is 13.2 Å². The maximum atomic E-state index is 13.0. The van der Waals surface area contributed by atoms with Gasteiger partial charge in [-0.2, -0.15) is 4.31 Å². The van der Waals surface area contributed by atoms with Gasteiger partial charge in [0, 0.05) is 19.6 Å². The number of hydrogen-bond donors (Lipinski definition) is 1. The molecule has 1 fully saturated rings. The topological polar surface area (TPSA) is 88.2 Å². The Morgan fingerprint density at radius 2 is 1.85 bits per heavy atom. The summed E-state index contributed by atoms with van der Waals surface area (Å²) in [6.07, 6.45) is 2.73. The van der Waals surface area contributed by atoms with E-state index < -0.39 is 16.1 Å². The maximum absolute atomic E-state index is 13.0. The average molecular weight is 494 g/mol. The predicted octanol–water partition coefficient (Wildman–Crippen LogP) is 3.70. The second kappa shape index (κ2) is 9.89. The van der Waals surface area contributed by atoms with Crippen LogP contribution < -0.4 is 14.8 Å². The van der Waals surface area contributed by atoms with Crippen LogP contribution in [-0.2, 0) is 21.4 Å². The van der Waals surface area contributed by atoms with Gasteiger partial charge in [0.2, 0.25) is 22.7 Å². The first-order valence-electron chi connectivity index (χ1n) is 10.9. The van der Waals surface area contributed by atoms with Crippen LogP contribution in [0.2, 0.25) is 5.02 Å². The van der Waals surface area contributed by atoms with E-state index in [0.717, 1.165) is 24.8 Å². The Hall–Kier alpha value is -2.33. The molecule has 0 radical (unpaired) electrons. The fraction of sp³-hybridized carbons (Fsp3) is 0.435. The molecule has 2 aromatic rings. The fourth-order valence-corrected chi connectivity index (χ4v) is 5.63.